The van der Waals surface area contributed by atoms with Crippen LogP contribution in [-0.2, 0) is 11.2 Å². The molecule has 2 rings (SSSR count). The molecule has 18 heavy (non-hydrogen) atoms. The quantitative estimate of drug-likeness (QED) is 0.781. The predicted molar refractivity (Wildman–Crippen MR) is 76.1 cm³/mol. The van der Waals surface area contributed by atoms with Crippen molar-refractivity contribution in [1.82, 2.24) is 5.32 Å². The van der Waals surface area contributed by atoms with Gasteiger partial charge in [-0.15, -0.1) is 0 Å². The van der Waals surface area contributed by atoms with Crippen molar-refractivity contribution in [1.29, 1.82) is 0 Å². The maximum absolute atomic E-state index is 6.20. The molecular formula is C15H22ClNO. The Bertz CT molecular complexity index is 365. The summed E-state index contributed by atoms with van der Waals surface area (Å²) in [6.45, 7) is 2.72. The lowest BCUT2D eigenvalue weighted by atomic mass is 10.00. The van der Waals surface area contributed by atoms with Crippen molar-refractivity contribution < 1.29 is 4.74 Å². The molecule has 3 heteroatoms. The molecule has 1 aromatic rings. The Kier molecular flexibility index (Phi) is 5.48. The summed E-state index contributed by atoms with van der Waals surface area (Å²) in [4.78, 5) is 0. The highest BCUT2D eigenvalue weighted by Gasteiger charge is 2.22. The van der Waals surface area contributed by atoms with Crippen LogP contribution in [0.25, 0.3) is 0 Å². The van der Waals surface area contributed by atoms with Gasteiger partial charge in [0, 0.05) is 18.2 Å². The van der Waals surface area contributed by atoms with Gasteiger partial charge in [-0.1, -0.05) is 29.8 Å². The van der Waals surface area contributed by atoms with Crippen molar-refractivity contribution in [3.8, 4) is 0 Å². The van der Waals surface area contributed by atoms with Crippen LogP contribution in [0.4, 0.5) is 0 Å². The average Bonchev–Trinajstić information content (AvgIpc) is 3.16. The summed E-state index contributed by atoms with van der Waals surface area (Å²) in [6.07, 6.45) is 3.67. The van der Waals surface area contributed by atoms with Crippen LogP contribution in [0.2, 0.25) is 5.02 Å². The van der Waals surface area contributed by atoms with Gasteiger partial charge in [0.25, 0.3) is 0 Å². The third-order valence-electron chi connectivity index (χ3n) is 3.36. The van der Waals surface area contributed by atoms with Crippen LogP contribution in [0.1, 0.15) is 18.4 Å². The van der Waals surface area contributed by atoms with E-state index in [0.717, 1.165) is 37.1 Å². The van der Waals surface area contributed by atoms with Gasteiger partial charge in [-0.3, -0.25) is 0 Å². The van der Waals surface area contributed by atoms with Gasteiger partial charge < -0.3 is 10.1 Å². The van der Waals surface area contributed by atoms with E-state index in [-0.39, 0.29) is 0 Å². The van der Waals surface area contributed by atoms with Crippen molar-refractivity contribution in [2.45, 2.75) is 19.3 Å². The van der Waals surface area contributed by atoms with E-state index in [9.17, 15) is 0 Å². The number of hydrogen-bond acceptors (Lipinski definition) is 2. The zero-order chi connectivity index (χ0) is 12.8. The Hall–Kier alpha value is -0.570. The third kappa shape index (κ3) is 4.60. The molecule has 1 unspecified atom stereocenters. The molecule has 0 radical (unpaired) electrons. The fourth-order valence-electron chi connectivity index (χ4n) is 2.14. The fourth-order valence-corrected chi connectivity index (χ4v) is 2.35. The van der Waals surface area contributed by atoms with Crippen LogP contribution in [0.5, 0.6) is 0 Å². The molecule has 1 fully saturated rings. The van der Waals surface area contributed by atoms with E-state index >= 15 is 0 Å². The second-order valence-corrected chi connectivity index (χ2v) is 5.61. The van der Waals surface area contributed by atoms with Gasteiger partial charge in [0.15, 0.2) is 0 Å². The van der Waals surface area contributed by atoms with Gasteiger partial charge in [0.2, 0.25) is 0 Å². The van der Waals surface area contributed by atoms with E-state index in [4.69, 9.17) is 16.3 Å². The third-order valence-corrected chi connectivity index (χ3v) is 3.73. The van der Waals surface area contributed by atoms with Gasteiger partial charge in [0.05, 0.1) is 6.61 Å². The summed E-state index contributed by atoms with van der Waals surface area (Å²) in [6, 6.07) is 8.08. The predicted octanol–water partition coefficient (Wildman–Crippen LogP) is 3.14. The van der Waals surface area contributed by atoms with E-state index in [1.807, 2.05) is 25.2 Å². The molecule has 1 aliphatic rings. The number of halogens is 1. The summed E-state index contributed by atoms with van der Waals surface area (Å²) in [7, 11) is 1.99. The highest BCUT2D eigenvalue weighted by Crippen LogP contribution is 2.29. The molecule has 100 valence electrons. The maximum atomic E-state index is 6.20. The van der Waals surface area contributed by atoms with Gasteiger partial charge in [-0.05, 0) is 49.8 Å². The standard InChI is InChI=1S/C15H22ClNO/c1-17-9-13(11-18-10-12-6-7-12)8-14-4-2-3-5-15(14)16/h2-5,12-13,17H,6-11H2,1H3. The SMILES string of the molecule is CNCC(COCC1CC1)Cc1ccccc1Cl. The minimum absolute atomic E-state index is 0.494. The largest absolute Gasteiger partial charge is 0.381 e. The van der Waals surface area contributed by atoms with E-state index in [1.165, 1.54) is 18.4 Å². The average molecular weight is 268 g/mol. The maximum Gasteiger partial charge on any atom is 0.0509 e. The first-order valence-electron chi connectivity index (χ1n) is 6.75. The molecule has 0 saturated heterocycles. The molecule has 2 nitrogen and oxygen atoms in total. The first-order valence-corrected chi connectivity index (χ1v) is 7.13. The second kappa shape index (κ2) is 7.13. The minimum atomic E-state index is 0.494. The molecule has 0 heterocycles. The Balaban J connectivity index is 1.82. The molecule has 0 spiro atoms. The van der Waals surface area contributed by atoms with Crippen molar-refractivity contribution in [2.75, 3.05) is 26.8 Å². The number of ether oxygens (including phenoxy) is 1. The number of benzene rings is 1. The van der Waals surface area contributed by atoms with Crippen molar-refractivity contribution in [3.63, 3.8) is 0 Å². The Morgan fingerprint density at radius 3 is 2.83 bits per heavy atom. The lowest BCUT2D eigenvalue weighted by Crippen LogP contribution is -2.25. The van der Waals surface area contributed by atoms with Gasteiger partial charge >= 0.3 is 0 Å². The van der Waals surface area contributed by atoms with Gasteiger partial charge in [-0.25, -0.2) is 0 Å². The zero-order valence-electron chi connectivity index (χ0n) is 11.0. The monoisotopic (exact) mass is 267 g/mol. The van der Waals surface area contributed by atoms with E-state index < -0.39 is 0 Å². The highest BCUT2D eigenvalue weighted by molar-refractivity contribution is 6.31. The number of hydrogen-bond donors (Lipinski definition) is 1. The van der Waals surface area contributed by atoms with E-state index in [1.54, 1.807) is 0 Å². The van der Waals surface area contributed by atoms with Crippen molar-refractivity contribution in [3.05, 3.63) is 34.9 Å². The molecular weight excluding hydrogens is 246 g/mol. The Labute approximate surface area is 115 Å². The van der Waals surface area contributed by atoms with Crippen molar-refractivity contribution >= 4 is 11.6 Å². The topological polar surface area (TPSA) is 21.3 Å². The number of nitrogens with one attached hydrogen (secondary N) is 1. The van der Waals surface area contributed by atoms with E-state index in [0.29, 0.717) is 5.92 Å². The van der Waals surface area contributed by atoms with Crippen LogP contribution in [0.3, 0.4) is 0 Å². The lowest BCUT2D eigenvalue weighted by Gasteiger charge is -2.17. The van der Waals surface area contributed by atoms with Crippen LogP contribution < -0.4 is 5.32 Å². The summed E-state index contributed by atoms with van der Waals surface area (Å²) in [5.41, 5.74) is 1.22. The molecule has 1 aliphatic carbocycles. The minimum Gasteiger partial charge on any atom is -0.381 e. The molecule has 1 N–H and O–H groups in total. The van der Waals surface area contributed by atoms with Crippen LogP contribution in [0.15, 0.2) is 24.3 Å². The molecule has 1 aromatic carbocycles. The van der Waals surface area contributed by atoms with Crippen molar-refractivity contribution in [2.24, 2.45) is 11.8 Å². The number of rotatable bonds is 8. The summed E-state index contributed by atoms with van der Waals surface area (Å²) >= 11 is 6.20. The summed E-state index contributed by atoms with van der Waals surface area (Å²) < 4.78 is 5.80. The molecule has 0 bridgehead atoms. The first kappa shape index (κ1) is 13.9. The van der Waals surface area contributed by atoms with Gasteiger partial charge in [0.1, 0.15) is 0 Å². The normalized spacial score (nSPS) is 16.8. The smallest absolute Gasteiger partial charge is 0.0509 e. The Morgan fingerprint density at radius 1 is 1.39 bits per heavy atom. The molecule has 0 aliphatic heterocycles. The van der Waals surface area contributed by atoms with Crippen LogP contribution in [0, 0.1) is 11.8 Å². The van der Waals surface area contributed by atoms with Gasteiger partial charge in [-0.2, -0.15) is 0 Å². The first-order chi connectivity index (χ1) is 8.79. The Morgan fingerprint density at radius 2 is 2.17 bits per heavy atom. The molecule has 1 atom stereocenters. The fraction of sp³-hybridized carbons (Fsp3) is 0.600. The van der Waals surface area contributed by atoms with Crippen LogP contribution in [-0.4, -0.2) is 26.8 Å². The lowest BCUT2D eigenvalue weighted by molar-refractivity contribution is 0.0913. The van der Waals surface area contributed by atoms with Crippen LogP contribution >= 0.6 is 11.6 Å². The molecule has 0 aromatic heterocycles. The molecule has 1 saturated carbocycles. The van der Waals surface area contributed by atoms with E-state index in [2.05, 4.69) is 11.4 Å². The second-order valence-electron chi connectivity index (χ2n) is 5.20. The summed E-state index contributed by atoms with van der Waals surface area (Å²) in [5, 5.41) is 4.10. The zero-order valence-corrected chi connectivity index (χ0v) is 11.7. The highest BCUT2D eigenvalue weighted by atomic mass is 35.5. The molecule has 0 amide bonds. The summed E-state index contributed by atoms with van der Waals surface area (Å²) in [5.74, 6) is 1.33.